The van der Waals surface area contributed by atoms with Crippen molar-refractivity contribution in [1.82, 2.24) is 10.6 Å². The minimum absolute atomic E-state index is 0.0769. The van der Waals surface area contributed by atoms with Crippen LogP contribution in [0.25, 0.3) is 0 Å². The molecule has 0 radical (unpaired) electrons. The van der Waals surface area contributed by atoms with Crippen LogP contribution >= 0.6 is 0 Å². The summed E-state index contributed by atoms with van der Waals surface area (Å²) in [6, 6.07) is 16.1. The third kappa shape index (κ3) is 5.70. The monoisotopic (exact) mass is 353 g/mol. The van der Waals surface area contributed by atoms with Crippen molar-refractivity contribution >= 4 is 11.9 Å². The smallest absolute Gasteiger partial charge is 0.318 e. The number of nitrogens with two attached hydrogens (primary N) is 1. The first kappa shape index (κ1) is 19.7. The average molecular weight is 353 g/mol. The normalized spacial score (nSPS) is 13.2. The molecule has 2 aromatic carbocycles. The predicted octanol–water partition coefficient (Wildman–Crippen LogP) is 3.47. The fourth-order valence-electron chi connectivity index (χ4n) is 2.92. The lowest BCUT2D eigenvalue weighted by atomic mass is 9.98. The van der Waals surface area contributed by atoms with Crippen molar-refractivity contribution < 1.29 is 9.59 Å². The number of benzene rings is 2. The van der Waals surface area contributed by atoms with Gasteiger partial charge in [-0.15, -0.1) is 0 Å². The number of carbonyl (C=O) groups is 2. The molecule has 0 bridgehead atoms. The number of amides is 3. The van der Waals surface area contributed by atoms with E-state index in [1.165, 1.54) is 5.56 Å². The average Bonchev–Trinajstić information content (AvgIpc) is 2.59. The van der Waals surface area contributed by atoms with Gasteiger partial charge in [-0.1, -0.05) is 68.4 Å². The van der Waals surface area contributed by atoms with Gasteiger partial charge in [0.15, 0.2) is 0 Å². The zero-order chi connectivity index (χ0) is 19.1. The molecule has 0 aliphatic carbocycles. The number of carbonyl (C=O) groups excluding carboxylic acids is 2. The van der Waals surface area contributed by atoms with E-state index in [4.69, 9.17) is 5.73 Å². The van der Waals surface area contributed by atoms with Crippen LogP contribution in [-0.2, 0) is 11.2 Å². The van der Waals surface area contributed by atoms with Crippen molar-refractivity contribution in [3.8, 4) is 0 Å². The summed E-state index contributed by atoms with van der Waals surface area (Å²) in [7, 11) is 0. The molecule has 0 heterocycles. The highest BCUT2D eigenvalue weighted by Crippen LogP contribution is 2.21. The summed E-state index contributed by atoms with van der Waals surface area (Å²) in [4.78, 5) is 23.5. The van der Waals surface area contributed by atoms with Crippen molar-refractivity contribution in [2.24, 2.45) is 11.7 Å². The van der Waals surface area contributed by atoms with Gasteiger partial charge in [-0.2, -0.15) is 0 Å². The first-order chi connectivity index (χ1) is 12.4. The van der Waals surface area contributed by atoms with Gasteiger partial charge in [0.25, 0.3) is 0 Å². The van der Waals surface area contributed by atoms with Gasteiger partial charge in [0.2, 0.25) is 5.91 Å². The topological polar surface area (TPSA) is 84.2 Å². The van der Waals surface area contributed by atoms with E-state index < -0.39 is 18.0 Å². The maximum atomic E-state index is 12.4. The van der Waals surface area contributed by atoms with Gasteiger partial charge in [-0.3, -0.25) is 15.4 Å². The van der Waals surface area contributed by atoms with Crippen molar-refractivity contribution in [3.63, 3.8) is 0 Å². The second kappa shape index (κ2) is 9.15. The van der Waals surface area contributed by atoms with Crippen LogP contribution < -0.4 is 16.4 Å². The number of urea groups is 1. The lowest BCUT2D eigenvalue weighted by Gasteiger charge is -2.23. The summed E-state index contributed by atoms with van der Waals surface area (Å²) < 4.78 is 0. The third-order valence-corrected chi connectivity index (χ3v) is 4.18. The lowest BCUT2D eigenvalue weighted by Crippen LogP contribution is -2.43. The molecule has 0 aromatic heterocycles. The van der Waals surface area contributed by atoms with Crippen LogP contribution in [0.3, 0.4) is 0 Å². The second-order valence-electron chi connectivity index (χ2n) is 6.93. The van der Waals surface area contributed by atoms with E-state index in [0.717, 1.165) is 17.5 Å². The standard InChI is InChI=1S/C21H27N3O2/c1-14(2)13-16-9-11-17(12-10-16)15(3)23-19(20(25)24-21(22)26)18-7-5-4-6-8-18/h4-12,14-15,19,23H,13H2,1-3H3,(H3,22,24,25,26)/t15-,19+/m0/s1. The fraction of sp³-hybridized carbons (Fsp3) is 0.333. The Hall–Kier alpha value is -2.66. The maximum Gasteiger partial charge on any atom is 0.318 e. The Bertz CT molecular complexity index is 727. The zero-order valence-electron chi connectivity index (χ0n) is 15.5. The number of hydrogen-bond donors (Lipinski definition) is 3. The van der Waals surface area contributed by atoms with Gasteiger partial charge in [0.1, 0.15) is 6.04 Å². The molecule has 0 saturated carbocycles. The molecule has 138 valence electrons. The molecule has 2 aromatic rings. The van der Waals surface area contributed by atoms with E-state index in [-0.39, 0.29) is 6.04 Å². The summed E-state index contributed by atoms with van der Waals surface area (Å²) in [6.45, 7) is 6.38. The Morgan fingerprint density at radius 1 is 0.923 bits per heavy atom. The molecule has 0 saturated heterocycles. The van der Waals surface area contributed by atoms with Gasteiger partial charge in [0.05, 0.1) is 0 Å². The van der Waals surface area contributed by atoms with Crippen LogP contribution in [-0.4, -0.2) is 11.9 Å². The quantitative estimate of drug-likeness (QED) is 0.712. The molecule has 0 unspecified atom stereocenters. The Morgan fingerprint density at radius 2 is 1.54 bits per heavy atom. The molecule has 0 spiro atoms. The minimum atomic E-state index is -0.858. The number of primary amides is 1. The van der Waals surface area contributed by atoms with Crippen molar-refractivity contribution in [2.75, 3.05) is 0 Å². The van der Waals surface area contributed by atoms with Gasteiger partial charge in [-0.05, 0) is 36.0 Å². The van der Waals surface area contributed by atoms with Crippen molar-refractivity contribution in [1.29, 1.82) is 0 Å². The van der Waals surface area contributed by atoms with Crippen molar-refractivity contribution in [3.05, 3.63) is 71.3 Å². The summed E-state index contributed by atoms with van der Waals surface area (Å²) >= 11 is 0. The summed E-state index contributed by atoms with van der Waals surface area (Å²) in [6.07, 6.45) is 1.04. The number of imide groups is 1. The highest BCUT2D eigenvalue weighted by atomic mass is 16.2. The van der Waals surface area contributed by atoms with Gasteiger partial charge >= 0.3 is 6.03 Å². The Morgan fingerprint density at radius 3 is 2.08 bits per heavy atom. The molecule has 0 aliphatic rings. The van der Waals surface area contributed by atoms with Crippen LogP contribution in [0.15, 0.2) is 54.6 Å². The lowest BCUT2D eigenvalue weighted by molar-refractivity contribution is -0.122. The largest absolute Gasteiger partial charge is 0.351 e. The number of nitrogens with one attached hydrogen (secondary N) is 2. The molecule has 3 amide bonds. The number of hydrogen-bond acceptors (Lipinski definition) is 3. The van der Waals surface area contributed by atoms with E-state index in [0.29, 0.717) is 5.92 Å². The molecule has 5 nitrogen and oxygen atoms in total. The fourth-order valence-corrected chi connectivity index (χ4v) is 2.92. The van der Waals surface area contributed by atoms with E-state index in [1.54, 1.807) is 0 Å². The molecule has 0 aliphatic heterocycles. The molecule has 2 atom stereocenters. The van der Waals surface area contributed by atoms with Crippen LogP contribution in [0, 0.1) is 5.92 Å². The summed E-state index contributed by atoms with van der Waals surface area (Å²) in [5.41, 5.74) is 8.25. The SMILES string of the molecule is CC(C)Cc1ccc([C@H](C)N[C@@H](C(=O)NC(N)=O)c2ccccc2)cc1. The van der Waals surface area contributed by atoms with Crippen LogP contribution in [0.2, 0.25) is 0 Å². The first-order valence-electron chi connectivity index (χ1n) is 8.87. The third-order valence-electron chi connectivity index (χ3n) is 4.18. The van der Waals surface area contributed by atoms with Crippen LogP contribution in [0.1, 0.15) is 49.5 Å². The molecular formula is C21H27N3O2. The van der Waals surface area contributed by atoms with Crippen molar-refractivity contribution in [2.45, 2.75) is 39.3 Å². The number of rotatable bonds is 7. The molecule has 2 rings (SSSR count). The van der Waals surface area contributed by atoms with Crippen LogP contribution in [0.5, 0.6) is 0 Å². The highest BCUT2D eigenvalue weighted by Gasteiger charge is 2.23. The second-order valence-corrected chi connectivity index (χ2v) is 6.93. The van der Waals surface area contributed by atoms with E-state index in [2.05, 4.69) is 48.7 Å². The molecule has 5 heteroatoms. The van der Waals surface area contributed by atoms with Gasteiger partial charge in [-0.25, -0.2) is 4.79 Å². The van der Waals surface area contributed by atoms with E-state index in [1.807, 2.05) is 37.3 Å². The first-order valence-corrected chi connectivity index (χ1v) is 8.87. The van der Waals surface area contributed by atoms with Crippen LogP contribution in [0.4, 0.5) is 4.79 Å². The zero-order valence-corrected chi connectivity index (χ0v) is 15.5. The highest BCUT2D eigenvalue weighted by molar-refractivity contribution is 5.96. The van der Waals surface area contributed by atoms with Gasteiger partial charge < -0.3 is 5.73 Å². The Kier molecular flexibility index (Phi) is 6.92. The van der Waals surface area contributed by atoms with Gasteiger partial charge in [0, 0.05) is 6.04 Å². The molecule has 26 heavy (non-hydrogen) atoms. The molecule has 0 fully saturated rings. The summed E-state index contributed by atoms with van der Waals surface area (Å²) in [5.74, 6) is 0.142. The van der Waals surface area contributed by atoms with E-state index in [9.17, 15) is 9.59 Å². The summed E-state index contributed by atoms with van der Waals surface area (Å²) in [5, 5.41) is 5.46. The Balaban J connectivity index is 2.16. The predicted molar refractivity (Wildman–Crippen MR) is 103 cm³/mol. The minimum Gasteiger partial charge on any atom is -0.351 e. The maximum absolute atomic E-state index is 12.4. The molecular weight excluding hydrogens is 326 g/mol. The molecule has 4 N–H and O–H groups in total. The Labute approximate surface area is 155 Å². The van der Waals surface area contributed by atoms with E-state index >= 15 is 0 Å².